The number of nitro benzene ring substituents is 1. The second-order valence-corrected chi connectivity index (χ2v) is 4.80. The topological polar surface area (TPSA) is 90.7 Å². The number of para-hydroxylation sites is 2. The Balaban J connectivity index is 2.08. The fourth-order valence-electron chi connectivity index (χ4n) is 2.01. The lowest BCUT2D eigenvalue weighted by molar-refractivity contribution is -0.384. The Hall–Kier alpha value is -2.93. The highest BCUT2D eigenvalue weighted by Gasteiger charge is 2.13. The van der Waals surface area contributed by atoms with Crippen LogP contribution in [0.5, 0.6) is 5.75 Å². The van der Waals surface area contributed by atoms with Crippen LogP contribution in [0.25, 0.3) is 0 Å². The first-order chi connectivity index (χ1) is 11.6. The molecule has 0 aliphatic carbocycles. The number of ether oxygens (including phenoxy) is 2. The first-order valence-electron chi connectivity index (χ1n) is 7.47. The Labute approximate surface area is 139 Å². The summed E-state index contributed by atoms with van der Waals surface area (Å²) in [5.74, 6) is 0.0653. The average Bonchev–Trinajstić information content (AvgIpc) is 2.60. The van der Waals surface area contributed by atoms with Crippen molar-refractivity contribution in [3.05, 3.63) is 64.2 Å². The molecule has 2 aromatic carbocycles. The number of nitrogens with zero attached hydrogens (tertiary/aromatic N) is 1. The number of hydrogen-bond donors (Lipinski definition) is 1. The van der Waals surface area contributed by atoms with E-state index < -0.39 is 10.8 Å². The molecule has 2 aromatic rings. The van der Waals surface area contributed by atoms with E-state index >= 15 is 0 Å². The van der Waals surface area contributed by atoms with Crippen molar-refractivity contribution in [2.45, 2.75) is 6.92 Å². The van der Waals surface area contributed by atoms with E-state index in [1.54, 1.807) is 24.3 Å². The number of anilines is 1. The summed E-state index contributed by atoms with van der Waals surface area (Å²) in [5.41, 5.74) is 0.558. The molecule has 2 rings (SSSR count). The zero-order valence-corrected chi connectivity index (χ0v) is 13.2. The first-order valence-corrected chi connectivity index (χ1v) is 7.47. The first kappa shape index (κ1) is 17.4. The second kappa shape index (κ2) is 8.64. The van der Waals surface area contributed by atoms with E-state index in [0.717, 1.165) is 0 Å². The van der Waals surface area contributed by atoms with Gasteiger partial charge in [-0.05, 0) is 25.1 Å². The highest BCUT2D eigenvalue weighted by molar-refractivity contribution is 6.05. The van der Waals surface area contributed by atoms with Crippen molar-refractivity contribution in [2.24, 2.45) is 0 Å². The number of non-ortho nitro benzene ring substituents is 1. The van der Waals surface area contributed by atoms with Crippen LogP contribution in [-0.2, 0) is 4.74 Å². The zero-order valence-electron chi connectivity index (χ0n) is 13.2. The van der Waals surface area contributed by atoms with Gasteiger partial charge in [0.25, 0.3) is 11.6 Å². The van der Waals surface area contributed by atoms with Gasteiger partial charge in [-0.2, -0.15) is 0 Å². The fraction of sp³-hybridized carbons (Fsp3) is 0.235. The van der Waals surface area contributed by atoms with Gasteiger partial charge in [-0.25, -0.2) is 0 Å². The van der Waals surface area contributed by atoms with Gasteiger partial charge in [0, 0.05) is 24.3 Å². The molecule has 1 N–H and O–H groups in total. The third-order valence-electron chi connectivity index (χ3n) is 3.14. The largest absolute Gasteiger partial charge is 0.489 e. The van der Waals surface area contributed by atoms with Gasteiger partial charge in [0.05, 0.1) is 17.2 Å². The predicted octanol–water partition coefficient (Wildman–Crippen LogP) is 3.26. The van der Waals surface area contributed by atoms with Crippen molar-refractivity contribution in [3.63, 3.8) is 0 Å². The number of nitrogens with one attached hydrogen (secondary N) is 1. The maximum absolute atomic E-state index is 12.3. The van der Waals surface area contributed by atoms with Crippen LogP contribution < -0.4 is 10.1 Å². The Bertz CT molecular complexity index is 718. The Morgan fingerprint density at radius 1 is 1.17 bits per heavy atom. The molecule has 0 saturated heterocycles. The molecular formula is C17H18N2O5. The Morgan fingerprint density at radius 3 is 2.71 bits per heavy atom. The van der Waals surface area contributed by atoms with Crippen LogP contribution in [0.1, 0.15) is 17.3 Å². The SMILES string of the molecule is CCOCCOc1ccccc1NC(=O)c1cccc([N+](=O)[O-])c1. The summed E-state index contributed by atoms with van der Waals surface area (Å²) in [5, 5.41) is 13.5. The molecule has 0 heterocycles. The lowest BCUT2D eigenvalue weighted by Crippen LogP contribution is -2.14. The van der Waals surface area contributed by atoms with Crippen LogP contribution >= 0.6 is 0 Å². The Morgan fingerprint density at radius 2 is 1.96 bits per heavy atom. The molecule has 0 spiro atoms. The van der Waals surface area contributed by atoms with Crippen molar-refractivity contribution < 1.29 is 19.2 Å². The average molecular weight is 330 g/mol. The number of amides is 1. The molecule has 0 saturated carbocycles. The molecule has 7 nitrogen and oxygen atoms in total. The van der Waals surface area contributed by atoms with Gasteiger partial charge in [0.1, 0.15) is 12.4 Å². The van der Waals surface area contributed by atoms with Crippen LogP contribution in [0.3, 0.4) is 0 Å². The van der Waals surface area contributed by atoms with Crippen molar-refractivity contribution in [3.8, 4) is 5.75 Å². The van der Waals surface area contributed by atoms with E-state index in [9.17, 15) is 14.9 Å². The molecule has 0 unspecified atom stereocenters. The second-order valence-electron chi connectivity index (χ2n) is 4.80. The number of nitro groups is 1. The van der Waals surface area contributed by atoms with Gasteiger partial charge in [0.2, 0.25) is 0 Å². The summed E-state index contributed by atoms with van der Waals surface area (Å²) in [6, 6.07) is 12.5. The molecule has 0 aliphatic heterocycles. The minimum absolute atomic E-state index is 0.135. The standard InChI is InChI=1S/C17H18N2O5/c1-2-23-10-11-24-16-9-4-3-8-15(16)18-17(20)13-6-5-7-14(12-13)19(21)22/h3-9,12H,2,10-11H2,1H3,(H,18,20). The highest BCUT2D eigenvalue weighted by atomic mass is 16.6. The predicted molar refractivity (Wildman–Crippen MR) is 89.5 cm³/mol. The zero-order chi connectivity index (χ0) is 17.4. The van der Waals surface area contributed by atoms with Crippen LogP contribution in [0, 0.1) is 10.1 Å². The quantitative estimate of drug-likeness (QED) is 0.456. The molecule has 7 heteroatoms. The normalized spacial score (nSPS) is 10.2. The smallest absolute Gasteiger partial charge is 0.270 e. The van der Waals surface area contributed by atoms with Gasteiger partial charge < -0.3 is 14.8 Å². The number of hydrogen-bond acceptors (Lipinski definition) is 5. The van der Waals surface area contributed by atoms with E-state index in [1.165, 1.54) is 24.3 Å². The number of benzene rings is 2. The van der Waals surface area contributed by atoms with Crippen LogP contribution in [0.2, 0.25) is 0 Å². The number of carbonyl (C=O) groups excluding carboxylic acids is 1. The summed E-state index contributed by atoms with van der Waals surface area (Å²) in [6.45, 7) is 3.31. The van der Waals surface area contributed by atoms with Crippen LogP contribution in [0.15, 0.2) is 48.5 Å². The van der Waals surface area contributed by atoms with Crippen molar-refractivity contribution in [1.82, 2.24) is 0 Å². The summed E-state index contributed by atoms with van der Waals surface area (Å²) < 4.78 is 10.8. The molecule has 1 amide bonds. The summed E-state index contributed by atoms with van der Waals surface area (Å²) in [6.07, 6.45) is 0. The van der Waals surface area contributed by atoms with E-state index in [1.807, 2.05) is 6.92 Å². The van der Waals surface area contributed by atoms with Gasteiger partial charge in [-0.3, -0.25) is 14.9 Å². The van der Waals surface area contributed by atoms with Crippen molar-refractivity contribution >= 4 is 17.3 Å². The Kier molecular flexibility index (Phi) is 6.27. The summed E-state index contributed by atoms with van der Waals surface area (Å²) in [4.78, 5) is 22.6. The van der Waals surface area contributed by atoms with Crippen molar-refractivity contribution in [2.75, 3.05) is 25.1 Å². The fourth-order valence-corrected chi connectivity index (χ4v) is 2.01. The molecule has 0 radical (unpaired) electrons. The van der Waals surface area contributed by atoms with E-state index in [2.05, 4.69) is 5.32 Å². The number of carbonyl (C=O) groups is 1. The van der Waals surface area contributed by atoms with Gasteiger partial charge in [0.15, 0.2) is 0 Å². The van der Waals surface area contributed by atoms with E-state index in [4.69, 9.17) is 9.47 Å². The maximum atomic E-state index is 12.3. The molecule has 0 aromatic heterocycles. The molecule has 126 valence electrons. The van der Waals surface area contributed by atoms with Crippen LogP contribution in [0.4, 0.5) is 11.4 Å². The summed E-state index contributed by atoms with van der Waals surface area (Å²) >= 11 is 0. The third kappa shape index (κ3) is 4.79. The number of rotatable bonds is 8. The summed E-state index contributed by atoms with van der Waals surface area (Å²) in [7, 11) is 0. The minimum atomic E-state index is -0.540. The maximum Gasteiger partial charge on any atom is 0.270 e. The molecule has 0 atom stereocenters. The molecule has 0 fully saturated rings. The molecule has 0 aliphatic rings. The van der Waals surface area contributed by atoms with Crippen molar-refractivity contribution in [1.29, 1.82) is 0 Å². The van der Waals surface area contributed by atoms with Gasteiger partial charge in [-0.1, -0.05) is 18.2 Å². The van der Waals surface area contributed by atoms with E-state index in [-0.39, 0.29) is 11.3 Å². The van der Waals surface area contributed by atoms with E-state index in [0.29, 0.717) is 31.3 Å². The molecule has 0 bridgehead atoms. The highest BCUT2D eigenvalue weighted by Crippen LogP contribution is 2.24. The molecule has 24 heavy (non-hydrogen) atoms. The van der Waals surface area contributed by atoms with Gasteiger partial charge in [-0.15, -0.1) is 0 Å². The molecular weight excluding hydrogens is 312 g/mol. The van der Waals surface area contributed by atoms with Gasteiger partial charge >= 0.3 is 0 Å². The monoisotopic (exact) mass is 330 g/mol. The lowest BCUT2D eigenvalue weighted by Gasteiger charge is -2.12. The minimum Gasteiger partial charge on any atom is -0.489 e. The third-order valence-corrected chi connectivity index (χ3v) is 3.14. The van der Waals surface area contributed by atoms with Crippen LogP contribution in [-0.4, -0.2) is 30.7 Å². The lowest BCUT2D eigenvalue weighted by atomic mass is 10.2.